The summed E-state index contributed by atoms with van der Waals surface area (Å²) in [6, 6.07) is 3.19. The topological polar surface area (TPSA) is 113 Å². The van der Waals surface area contributed by atoms with Crippen LogP contribution < -0.4 is 5.32 Å². The quantitative estimate of drug-likeness (QED) is 0.308. The molecule has 0 aliphatic carbocycles. The Kier molecular flexibility index (Phi) is 8.45. The molecule has 9 nitrogen and oxygen atoms in total. The lowest BCUT2D eigenvalue weighted by Gasteiger charge is -2.34. The van der Waals surface area contributed by atoms with Gasteiger partial charge in [0.2, 0.25) is 0 Å². The normalized spacial score (nSPS) is 20.3. The monoisotopic (exact) mass is 524 g/mol. The Morgan fingerprint density at radius 2 is 2.30 bits per heavy atom. The minimum absolute atomic E-state index is 0.149. The molecule has 37 heavy (non-hydrogen) atoms. The standard InChI is InChI=1S/C26H25FN4O5S/c1-3-16-13-17(27)5-7-19(16)23-22(26(34)35-4-2)20(29-24(30-23)25-28-9-12-37-25)15-31-10-11-36-18(14-31)6-8-21(32)33/h1,5-9,12-13,18,23H,4,10-11,14-15H2,2H3,(H,29,30)(H,32,33)/b8-6+/t18?,23-/m0/s1. The maximum atomic E-state index is 14.0. The lowest BCUT2D eigenvalue weighted by atomic mass is 9.92. The molecule has 2 aliphatic rings. The number of hydrogen-bond acceptors (Lipinski definition) is 9. The smallest absolute Gasteiger partial charge is 0.338 e. The molecule has 2 aromatic rings. The molecule has 11 heteroatoms. The van der Waals surface area contributed by atoms with Gasteiger partial charge in [0.05, 0.1) is 24.9 Å². The predicted octanol–water partition coefficient (Wildman–Crippen LogP) is 2.51. The minimum Gasteiger partial charge on any atom is -0.478 e. The van der Waals surface area contributed by atoms with Crippen molar-refractivity contribution >= 4 is 29.1 Å². The van der Waals surface area contributed by atoms with Crippen LogP contribution in [0.5, 0.6) is 0 Å². The Labute approximate surface area is 217 Å². The van der Waals surface area contributed by atoms with Crippen LogP contribution in [0.4, 0.5) is 4.39 Å². The Morgan fingerprint density at radius 3 is 3.00 bits per heavy atom. The molecule has 1 saturated heterocycles. The molecule has 192 valence electrons. The molecule has 2 aliphatic heterocycles. The first-order valence-corrected chi connectivity index (χ1v) is 12.4. The summed E-state index contributed by atoms with van der Waals surface area (Å²) in [6.45, 7) is 3.50. The van der Waals surface area contributed by atoms with Crippen LogP contribution in [0.25, 0.3) is 0 Å². The molecule has 1 aromatic carbocycles. The summed E-state index contributed by atoms with van der Waals surface area (Å²) in [5.41, 5.74) is 1.57. The number of carboxylic acid groups (broad SMARTS) is 1. The van der Waals surface area contributed by atoms with Crippen LogP contribution in [-0.2, 0) is 19.1 Å². The van der Waals surface area contributed by atoms with Gasteiger partial charge >= 0.3 is 11.9 Å². The second kappa shape index (κ2) is 11.9. The van der Waals surface area contributed by atoms with Gasteiger partial charge in [0.25, 0.3) is 0 Å². The van der Waals surface area contributed by atoms with Crippen LogP contribution in [0, 0.1) is 18.2 Å². The highest BCUT2D eigenvalue weighted by atomic mass is 32.1. The van der Waals surface area contributed by atoms with E-state index in [4.69, 9.17) is 26.0 Å². The zero-order valence-corrected chi connectivity index (χ0v) is 20.8. The van der Waals surface area contributed by atoms with Crippen molar-refractivity contribution in [2.45, 2.75) is 19.1 Å². The number of esters is 1. The van der Waals surface area contributed by atoms with Gasteiger partial charge in [0.15, 0.2) is 10.8 Å². The fourth-order valence-corrected chi connectivity index (χ4v) is 4.73. The average Bonchev–Trinajstić information content (AvgIpc) is 3.42. The maximum absolute atomic E-state index is 14.0. The second-order valence-corrected chi connectivity index (χ2v) is 9.07. The van der Waals surface area contributed by atoms with E-state index in [1.54, 1.807) is 13.1 Å². The third-order valence-corrected chi connectivity index (χ3v) is 6.51. The molecule has 2 N–H and O–H groups in total. The van der Waals surface area contributed by atoms with E-state index >= 15 is 0 Å². The number of carbonyl (C=O) groups excluding carboxylic acids is 1. The number of aliphatic carboxylic acids is 1. The molecule has 2 atom stereocenters. The first kappa shape index (κ1) is 26.2. The Hall–Kier alpha value is -3.85. The van der Waals surface area contributed by atoms with Crippen LogP contribution in [0.2, 0.25) is 0 Å². The van der Waals surface area contributed by atoms with E-state index in [9.17, 15) is 14.0 Å². The van der Waals surface area contributed by atoms with Gasteiger partial charge in [-0.15, -0.1) is 17.8 Å². The van der Waals surface area contributed by atoms with Gasteiger partial charge in [-0.3, -0.25) is 9.89 Å². The number of amidine groups is 1. The van der Waals surface area contributed by atoms with Gasteiger partial charge in [-0.25, -0.2) is 19.0 Å². The van der Waals surface area contributed by atoms with Crippen molar-refractivity contribution < 1.29 is 28.6 Å². The number of carbonyl (C=O) groups is 2. The van der Waals surface area contributed by atoms with Gasteiger partial charge in [0.1, 0.15) is 11.9 Å². The molecule has 0 radical (unpaired) electrons. The molecule has 0 spiro atoms. The largest absolute Gasteiger partial charge is 0.478 e. The fraction of sp³-hybridized carbons (Fsp3) is 0.308. The van der Waals surface area contributed by atoms with Crippen LogP contribution in [-0.4, -0.2) is 71.7 Å². The molecule has 0 bridgehead atoms. The van der Waals surface area contributed by atoms with E-state index in [1.165, 1.54) is 35.6 Å². The summed E-state index contributed by atoms with van der Waals surface area (Å²) in [4.78, 5) is 35.4. The van der Waals surface area contributed by atoms with Gasteiger partial charge < -0.3 is 19.9 Å². The van der Waals surface area contributed by atoms with E-state index in [0.29, 0.717) is 48.3 Å². The highest BCUT2D eigenvalue weighted by Crippen LogP contribution is 2.35. The third kappa shape index (κ3) is 6.29. The summed E-state index contributed by atoms with van der Waals surface area (Å²) >= 11 is 1.37. The Bertz CT molecular complexity index is 1300. The van der Waals surface area contributed by atoms with E-state index < -0.39 is 29.9 Å². The van der Waals surface area contributed by atoms with Crippen LogP contribution in [0.1, 0.15) is 29.1 Å². The number of morpholine rings is 1. The zero-order valence-electron chi connectivity index (χ0n) is 20.0. The van der Waals surface area contributed by atoms with Crippen molar-refractivity contribution in [1.82, 2.24) is 15.2 Å². The number of nitrogens with one attached hydrogen (secondary N) is 1. The van der Waals surface area contributed by atoms with Crippen LogP contribution >= 0.6 is 11.3 Å². The van der Waals surface area contributed by atoms with Gasteiger partial charge in [-0.1, -0.05) is 12.0 Å². The highest BCUT2D eigenvalue weighted by molar-refractivity contribution is 7.11. The SMILES string of the molecule is C#Cc1cc(F)ccc1[C@@H]1N=C(c2nccs2)NC(CN2CCOC(/C=C/C(=O)O)C2)=C1C(=O)OCC. The molecule has 0 amide bonds. The first-order valence-electron chi connectivity index (χ1n) is 11.6. The Balaban J connectivity index is 1.77. The number of thiazole rings is 1. The summed E-state index contributed by atoms with van der Waals surface area (Å²) in [7, 11) is 0. The number of terminal acetylenes is 1. The van der Waals surface area contributed by atoms with Crippen molar-refractivity contribution in [2.75, 3.05) is 32.8 Å². The number of carboxylic acids is 1. The van der Waals surface area contributed by atoms with Gasteiger partial charge in [-0.05, 0) is 30.7 Å². The average molecular weight is 525 g/mol. The van der Waals surface area contributed by atoms with E-state index in [0.717, 1.165) is 6.08 Å². The lowest BCUT2D eigenvalue weighted by Crippen LogP contribution is -2.46. The van der Waals surface area contributed by atoms with Crippen molar-refractivity contribution in [1.29, 1.82) is 0 Å². The Morgan fingerprint density at radius 1 is 1.46 bits per heavy atom. The number of halogens is 1. The van der Waals surface area contributed by atoms with E-state index in [2.05, 4.69) is 16.2 Å². The molecule has 3 heterocycles. The van der Waals surface area contributed by atoms with E-state index in [-0.39, 0.29) is 17.7 Å². The van der Waals surface area contributed by atoms with Crippen molar-refractivity contribution in [3.63, 3.8) is 0 Å². The summed E-state index contributed by atoms with van der Waals surface area (Å²) in [6.07, 6.45) is 9.46. The molecular formula is C26H25FN4O5S. The minimum atomic E-state index is -1.06. The highest BCUT2D eigenvalue weighted by Gasteiger charge is 2.35. The number of nitrogens with zero attached hydrogens (tertiary/aromatic N) is 3. The van der Waals surface area contributed by atoms with E-state index in [1.807, 2.05) is 10.3 Å². The zero-order chi connectivity index (χ0) is 26.4. The molecule has 4 rings (SSSR count). The number of hydrogen-bond donors (Lipinski definition) is 2. The number of rotatable bonds is 8. The molecule has 1 fully saturated rings. The molecule has 1 unspecified atom stereocenters. The lowest BCUT2D eigenvalue weighted by molar-refractivity contribution is -0.139. The van der Waals surface area contributed by atoms with Crippen LogP contribution in [0.15, 0.2) is 58.2 Å². The van der Waals surface area contributed by atoms with Crippen molar-refractivity contribution in [3.8, 4) is 12.3 Å². The number of aromatic nitrogens is 1. The number of ether oxygens (including phenoxy) is 2. The maximum Gasteiger partial charge on any atom is 0.338 e. The van der Waals surface area contributed by atoms with Crippen molar-refractivity contribution in [2.24, 2.45) is 4.99 Å². The van der Waals surface area contributed by atoms with Gasteiger partial charge in [0, 0.05) is 48.5 Å². The second-order valence-electron chi connectivity index (χ2n) is 8.17. The molecule has 1 aromatic heterocycles. The summed E-state index contributed by atoms with van der Waals surface area (Å²) in [5, 5.41) is 14.6. The first-order chi connectivity index (χ1) is 17.9. The molecular weight excluding hydrogens is 499 g/mol. The van der Waals surface area contributed by atoms with Crippen LogP contribution in [0.3, 0.4) is 0 Å². The van der Waals surface area contributed by atoms with Crippen molar-refractivity contribution in [3.05, 3.63) is 75.1 Å². The summed E-state index contributed by atoms with van der Waals surface area (Å²) < 4.78 is 25.1. The fourth-order valence-electron chi connectivity index (χ4n) is 4.14. The number of benzene rings is 1. The third-order valence-electron chi connectivity index (χ3n) is 5.73. The summed E-state index contributed by atoms with van der Waals surface area (Å²) in [5.74, 6) is 0.828. The number of aliphatic imine (C=N–C) groups is 1. The van der Waals surface area contributed by atoms with Gasteiger partial charge in [-0.2, -0.15) is 0 Å². The molecule has 0 saturated carbocycles. The predicted molar refractivity (Wildman–Crippen MR) is 135 cm³/mol.